The van der Waals surface area contributed by atoms with Crippen LogP contribution in [0.25, 0.3) is 0 Å². The summed E-state index contributed by atoms with van der Waals surface area (Å²) in [6.45, 7) is 12.1. The molecule has 2 nitrogen and oxygen atoms in total. The Morgan fingerprint density at radius 3 is 2.30 bits per heavy atom. The normalized spacial score (nSPS) is 36.3. The monoisotopic (exact) mass is 280 g/mol. The fourth-order valence-corrected chi connectivity index (χ4v) is 4.10. The molecule has 0 bridgehead atoms. The van der Waals surface area contributed by atoms with Gasteiger partial charge in [-0.05, 0) is 84.1 Å². The highest BCUT2D eigenvalue weighted by molar-refractivity contribution is 4.83. The Labute approximate surface area is 126 Å². The molecule has 1 saturated carbocycles. The summed E-state index contributed by atoms with van der Waals surface area (Å²) < 4.78 is 0. The molecule has 1 aliphatic carbocycles. The molecule has 118 valence electrons. The van der Waals surface area contributed by atoms with E-state index in [2.05, 4.69) is 37.9 Å². The number of hydrogen-bond acceptors (Lipinski definition) is 2. The molecule has 0 spiro atoms. The number of hydrogen-bond donors (Lipinski definition) is 1. The van der Waals surface area contributed by atoms with E-state index in [4.69, 9.17) is 0 Å². The topological polar surface area (TPSA) is 15.3 Å². The van der Waals surface area contributed by atoms with E-state index < -0.39 is 0 Å². The predicted octanol–water partition coefficient (Wildman–Crippen LogP) is 4.05. The highest BCUT2D eigenvalue weighted by atomic mass is 15.2. The molecule has 2 unspecified atom stereocenters. The second-order valence-corrected chi connectivity index (χ2v) is 7.79. The third kappa shape index (κ3) is 4.73. The molecule has 2 fully saturated rings. The summed E-state index contributed by atoms with van der Waals surface area (Å²) in [6, 6.07) is 2.30. The first kappa shape index (κ1) is 16.3. The zero-order chi connectivity index (χ0) is 14.5. The summed E-state index contributed by atoms with van der Waals surface area (Å²) >= 11 is 0. The summed E-state index contributed by atoms with van der Waals surface area (Å²) in [7, 11) is 0. The van der Waals surface area contributed by atoms with Gasteiger partial charge in [0.15, 0.2) is 0 Å². The van der Waals surface area contributed by atoms with E-state index in [0.29, 0.717) is 6.04 Å². The van der Waals surface area contributed by atoms with Crippen molar-refractivity contribution in [1.82, 2.24) is 10.2 Å². The van der Waals surface area contributed by atoms with E-state index in [1.165, 1.54) is 58.0 Å². The molecule has 0 amide bonds. The van der Waals surface area contributed by atoms with Crippen molar-refractivity contribution >= 4 is 0 Å². The Kier molecular flexibility index (Phi) is 6.35. The van der Waals surface area contributed by atoms with Gasteiger partial charge in [0, 0.05) is 24.7 Å². The van der Waals surface area contributed by atoms with Crippen LogP contribution in [0.3, 0.4) is 0 Å². The number of nitrogens with one attached hydrogen (secondary N) is 1. The Morgan fingerprint density at radius 2 is 1.65 bits per heavy atom. The minimum Gasteiger partial charge on any atom is -0.314 e. The fraction of sp³-hybridized carbons (Fsp3) is 1.00. The van der Waals surface area contributed by atoms with Crippen LogP contribution < -0.4 is 5.32 Å². The Balaban J connectivity index is 1.88. The van der Waals surface area contributed by atoms with Gasteiger partial charge in [-0.2, -0.15) is 0 Å². The molecular formula is C18H36N2. The Bertz CT molecular complexity index is 269. The Morgan fingerprint density at radius 1 is 0.950 bits per heavy atom. The zero-order valence-corrected chi connectivity index (χ0v) is 14.2. The van der Waals surface area contributed by atoms with E-state index in [-0.39, 0.29) is 0 Å². The first-order valence-electron chi connectivity index (χ1n) is 9.05. The van der Waals surface area contributed by atoms with Gasteiger partial charge < -0.3 is 5.32 Å². The van der Waals surface area contributed by atoms with Gasteiger partial charge in [0.05, 0.1) is 0 Å². The molecule has 0 radical (unpaired) electrons. The smallest absolute Gasteiger partial charge is 0.00982 e. The highest BCUT2D eigenvalue weighted by Crippen LogP contribution is 2.30. The van der Waals surface area contributed by atoms with Crippen molar-refractivity contribution in [2.24, 2.45) is 11.8 Å². The molecule has 0 aromatic heterocycles. The molecule has 1 aliphatic heterocycles. The Hall–Kier alpha value is -0.0800. The fourth-order valence-electron chi connectivity index (χ4n) is 4.10. The largest absolute Gasteiger partial charge is 0.314 e. The molecule has 2 heteroatoms. The van der Waals surface area contributed by atoms with Crippen LogP contribution in [0.2, 0.25) is 0 Å². The molecule has 20 heavy (non-hydrogen) atoms. The lowest BCUT2D eigenvalue weighted by molar-refractivity contribution is 0.0865. The van der Waals surface area contributed by atoms with Gasteiger partial charge in [-0.3, -0.25) is 4.90 Å². The maximum atomic E-state index is 3.64. The van der Waals surface area contributed by atoms with E-state index in [1.54, 1.807) is 0 Å². The van der Waals surface area contributed by atoms with Crippen LogP contribution in [0.4, 0.5) is 0 Å². The molecule has 0 aromatic rings. The van der Waals surface area contributed by atoms with Gasteiger partial charge in [-0.1, -0.05) is 6.92 Å². The van der Waals surface area contributed by atoms with E-state index in [9.17, 15) is 0 Å². The average molecular weight is 281 g/mol. The van der Waals surface area contributed by atoms with Crippen molar-refractivity contribution in [2.45, 2.75) is 90.8 Å². The van der Waals surface area contributed by atoms with Crippen LogP contribution in [0, 0.1) is 11.8 Å². The van der Waals surface area contributed by atoms with Crippen molar-refractivity contribution in [1.29, 1.82) is 0 Å². The maximum absolute atomic E-state index is 3.64. The first-order chi connectivity index (χ1) is 9.56. The quantitative estimate of drug-likeness (QED) is 0.835. The minimum absolute atomic E-state index is 0.710. The van der Waals surface area contributed by atoms with Crippen molar-refractivity contribution in [3.05, 3.63) is 0 Å². The molecular weight excluding hydrogens is 244 g/mol. The highest BCUT2D eigenvalue weighted by Gasteiger charge is 2.28. The number of nitrogens with zero attached hydrogens (tertiary/aromatic N) is 1. The van der Waals surface area contributed by atoms with Crippen molar-refractivity contribution in [3.63, 3.8) is 0 Å². The van der Waals surface area contributed by atoms with E-state index in [1.807, 2.05) is 0 Å². The predicted molar refractivity (Wildman–Crippen MR) is 88.1 cm³/mol. The van der Waals surface area contributed by atoms with Crippen molar-refractivity contribution in [2.75, 3.05) is 13.1 Å². The number of rotatable bonds is 4. The molecule has 1 N–H and O–H groups in total. The second kappa shape index (κ2) is 7.79. The summed E-state index contributed by atoms with van der Waals surface area (Å²) in [5.74, 6) is 1.87. The second-order valence-electron chi connectivity index (χ2n) is 7.79. The third-order valence-corrected chi connectivity index (χ3v) is 5.64. The lowest BCUT2D eigenvalue weighted by atomic mass is 9.85. The molecule has 2 rings (SSSR count). The molecule has 2 aliphatic rings. The van der Waals surface area contributed by atoms with Crippen molar-refractivity contribution in [3.8, 4) is 0 Å². The van der Waals surface area contributed by atoms with Gasteiger partial charge in [-0.15, -0.1) is 0 Å². The van der Waals surface area contributed by atoms with Gasteiger partial charge in [0.1, 0.15) is 0 Å². The SMILES string of the molecule is CC1CCC(N(CC2CCNC(C)CC2)C(C)C)CC1. The zero-order valence-electron chi connectivity index (χ0n) is 14.2. The summed E-state index contributed by atoms with van der Waals surface area (Å²) in [4.78, 5) is 2.84. The standard InChI is InChI=1S/C18H36N2/c1-14(2)20(18-9-5-15(3)6-10-18)13-17-8-7-16(4)19-12-11-17/h14-19H,5-13H2,1-4H3. The molecule has 0 aromatic carbocycles. The summed E-state index contributed by atoms with van der Waals surface area (Å²) in [6.07, 6.45) is 9.89. The van der Waals surface area contributed by atoms with Crippen LogP contribution >= 0.6 is 0 Å². The summed E-state index contributed by atoms with van der Waals surface area (Å²) in [5, 5.41) is 3.64. The van der Waals surface area contributed by atoms with Gasteiger partial charge >= 0.3 is 0 Å². The van der Waals surface area contributed by atoms with Gasteiger partial charge in [0.2, 0.25) is 0 Å². The lowest BCUT2D eigenvalue weighted by Gasteiger charge is -2.40. The first-order valence-corrected chi connectivity index (χ1v) is 9.05. The average Bonchev–Trinajstić information content (AvgIpc) is 2.62. The lowest BCUT2D eigenvalue weighted by Crippen LogP contribution is -2.45. The third-order valence-electron chi connectivity index (χ3n) is 5.64. The maximum Gasteiger partial charge on any atom is 0.00982 e. The summed E-state index contributed by atoms with van der Waals surface area (Å²) in [5.41, 5.74) is 0. The molecule has 1 saturated heterocycles. The van der Waals surface area contributed by atoms with Crippen molar-refractivity contribution < 1.29 is 0 Å². The van der Waals surface area contributed by atoms with Crippen LogP contribution in [-0.4, -0.2) is 36.1 Å². The van der Waals surface area contributed by atoms with Crippen LogP contribution in [0.5, 0.6) is 0 Å². The van der Waals surface area contributed by atoms with E-state index >= 15 is 0 Å². The molecule has 1 heterocycles. The van der Waals surface area contributed by atoms with Crippen LogP contribution in [0.15, 0.2) is 0 Å². The van der Waals surface area contributed by atoms with Gasteiger partial charge in [-0.25, -0.2) is 0 Å². The minimum atomic E-state index is 0.710. The van der Waals surface area contributed by atoms with E-state index in [0.717, 1.165) is 23.9 Å². The van der Waals surface area contributed by atoms with Crippen LogP contribution in [0.1, 0.15) is 72.6 Å². The molecule has 2 atom stereocenters. The van der Waals surface area contributed by atoms with Gasteiger partial charge in [0.25, 0.3) is 0 Å². The van der Waals surface area contributed by atoms with Crippen LogP contribution in [-0.2, 0) is 0 Å².